The minimum atomic E-state index is 0.233. The lowest BCUT2D eigenvalue weighted by atomic mass is 9.65. The van der Waals surface area contributed by atoms with Gasteiger partial charge in [-0.05, 0) is 30.1 Å². The molecule has 2 aliphatic rings. The monoisotopic (exact) mass is 485 g/mol. The maximum atomic E-state index is 13.5. The predicted molar refractivity (Wildman–Crippen MR) is 145 cm³/mol. The summed E-state index contributed by atoms with van der Waals surface area (Å²) in [5.74, 6) is 0.640. The summed E-state index contributed by atoms with van der Waals surface area (Å²) in [6.07, 6.45) is 5.33. The Balaban J connectivity index is 1.45. The van der Waals surface area contributed by atoms with Crippen molar-refractivity contribution in [1.29, 1.82) is 0 Å². The molecule has 5 rings (SSSR count). The number of hydrogen-bond donors (Lipinski definition) is 0. The smallest absolute Gasteiger partial charge is 0.233 e. The van der Waals surface area contributed by atoms with Crippen LogP contribution in [0.1, 0.15) is 40.0 Å². The molecule has 2 aromatic carbocycles. The number of allylic oxidation sites excluding steroid dienone is 1. The van der Waals surface area contributed by atoms with Crippen LogP contribution >= 0.6 is 11.8 Å². The van der Waals surface area contributed by atoms with E-state index in [1.54, 1.807) is 11.8 Å². The zero-order valence-corrected chi connectivity index (χ0v) is 21.9. The van der Waals surface area contributed by atoms with Crippen molar-refractivity contribution in [3.05, 3.63) is 73.3 Å². The van der Waals surface area contributed by atoms with Crippen molar-refractivity contribution in [2.75, 3.05) is 12.3 Å². The van der Waals surface area contributed by atoms with Crippen molar-refractivity contribution >= 4 is 17.7 Å². The largest absolute Gasteiger partial charge is 0.338 e. The Labute approximate surface area is 213 Å². The third-order valence-electron chi connectivity index (χ3n) is 7.40. The van der Waals surface area contributed by atoms with Crippen molar-refractivity contribution < 1.29 is 4.79 Å². The molecule has 2 atom stereocenters. The van der Waals surface area contributed by atoms with Crippen molar-refractivity contribution in [1.82, 2.24) is 14.5 Å². The fraction of sp³-hybridized carbons (Fsp3) is 0.400. The number of carbonyl (C=O) groups is 1. The number of carbonyl (C=O) groups excluding carboxylic acids is 1. The quantitative estimate of drug-likeness (QED) is 0.269. The molecule has 1 aliphatic carbocycles. The second kappa shape index (κ2) is 9.34. The number of imidazole rings is 1. The number of benzene rings is 2. The standard InChI is InChI=1S/C30H35N3OS/c1-5-16-32-27(23-14-10-7-11-15-23)26(22-12-8-6-9-13-22)31-28(32)35-19-25(34)33-21-30(4)18-24(33)17-29(2,3)20-30/h5-15,24H,1,16-21H2,2-4H3. The Morgan fingerprint density at radius 3 is 2.37 bits per heavy atom. The van der Waals surface area contributed by atoms with Crippen LogP contribution in [0.3, 0.4) is 0 Å². The first-order valence-electron chi connectivity index (χ1n) is 12.5. The van der Waals surface area contributed by atoms with Crippen LogP contribution in [0.2, 0.25) is 0 Å². The van der Waals surface area contributed by atoms with Gasteiger partial charge in [-0.25, -0.2) is 4.98 Å². The average Bonchev–Trinajstić information content (AvgIpc) is 3.32. The van der Waals surface area contributed by atoms with E-state index in [-0.39, 0.29) is 11.3 Å². The van der Waals surface area contributed by atoms with Gasteiger partial charge >= 0.3 is 0 Å². The van der Waals surface area contributed by atoms with E-state index in [0.29, 0.717) is 23.8 Å². The lowest BCUT2D eigenvalue weighted by molar-refractivity contribution is -0.129. The van der Waals surface area contributed by atoms with E-state index in [1.165, 1.54) is 6.42 Å². The maximum Gasteiger partial charge on any atom is 0.233 e. The topological polar surface area (TPSA) is 38.1 Å². The second-order valence-electron chi connectivity index (χ2n) is 11.2. The van der Waals surface area contributed by atoms with E-state index in [1.807, 2.05) is 30.3 Å². The SMILES string of the molecule is C=CCn1c(SCC(=O)N2CC3(C)CC2CC(C)(C)C3)nc(-c2ccccc2)c1-c1ccccc1. The van der Waals surface area contributed by atoms with Gasteiger partial charge in [0.05, 0.1) is 17.1 Å². The summed E-state index contributed by atoms with van der Waals surface area (Å²) in [7, 11) is 0. The normalized spacial score (nSPS) is 22.8. The number of amides is 1. The molecule has 2 heterocycles. The highest BCUT2D eigenvalue weighted by Crippen LogP contribution is 2.52. The molecule has 2 bridgehead atoms. The lowest BCUT2D eigenvalue weighted by Crippen LogP contribution is -2.38. The molecule has 1 saturated carbocycles. The van der Waals surface area contributed by atoms with Gasteiger partial charge in [0.25, 0.3) is 0 Å². The zero-order valence-electron chi connectivity index (χ0n) is 21.0. The Morgan fingerprint density at radius 1 is 1.06 bits per heavy atom. The van der Waals surface area contributed by atoms with Gasteiger partial charge in [0.2, 0.25) is 5.91 Å². The number of hydrogen-bond acceptors (Lipinski definition) is 3. The predicted octanol–water partition coefficient (Wildman–Crippen LogP) is 6.92. The number of aromatic nitrogens is 2. The average molecular weight is 486 g/mol. The Morgan fingerprint density at radius 2 is 1.71 bits per heavy atom. The summed E-state index contributed by atoms with van der Waals surface area (Å²) < 4.78 is 2.20. The molecule has 3 aromatic rings. The van der Waals surface area contributed by atoms with Gasteiger partial charge in [-0.2, -0.15) is 0 Å². The first-order valence-corrected chi connectivity index (χ1v) is 13.5. The molecule has 1 aliphatic heterocycles. The van der Waals surface area contributed by atoms with Gasteiger partial charge in [0, 0.05) is 30.3 Å². The molecular formula is C30H35N3OS. The Bertz CT molecular complexity index is 1220. The molecule has 4 nitrogen and oxygen atoms in total. The Kier molecular flexibility index (Phi) is 6.39. The van der Waals surface area contributed by atoms with E-state index in [0.717, 1.165) is 47.1 Å². The number of likely N-dealkylation sites (tertiary alicyclic amines) is 1. The van der Waals surface area contributed by atoms with Crippen LogP contribution in [0, 0.1) is 10.8 Å². The minimum absolute atomic E-state index is 0.233. The summed E-state index contributed by atoms with van der Waals surface area (Å²) in [6, 6.07) is 21.0. The molecule has 2 fully saturated rings. The summed E-state index contributed by atoms with van der Waals surface area (Å²) in [6.45, 7) is 12.6. The van der Waals surface area contributed by atoms with Crippen LogP contribution in [0.5, 0.6) is 0 Å². The first kappa shape index (κ1) is 23.9. The van der Waals surface area contributed by atoms with Crippen LogP contribution in [-0.2, 0) is 11.3 Å². The molecule has 1 amide bonds. The van der Waals surface area contributed by atoms with Crippen molar-refractivity contribution in [2.24, 2.45) is 10.8 Å². The minimum Gasteiger partial charge on any atom is -0.338 e. The highest BCUT2D eigenvalue weighted by molar-refractivity contribution is 7.99. The molecule has 0 spiro atoms. The van der Waals surface area contributed by atoms with Crippen molar-refractivity contribution in [3.63, 3.8) is 0 Å². The Hall–Kier alpha value is -2.79. The summed E-state index contributed by atoms with van der Waals surface area (Å²) in [5.41, 5.74) is 4.75. The number of fused-ring (bicyclic) bond motifs is 2. The van der Waals surface area contributed by atoms with Gasteiger partial charge in [0.1, 0.15) is 0 Å². The summed E-state index contributed by atoms with van der Waals surface area (Å²) in [5, 5.41) is 0.865. The van der Waals surface area contributed by atoms with Gasteiger partial charge in [-0.15, -0.1) is 6.58 Å². The first-order chi connectivity index (χ1) is 16.8. The molecule has 5 heteroatoms. The third kappa shape index (κ3) is 4.84. The van der Waals surface area contributed by atoms with Crippen LogP contribution in [-0.4, -0.2) is 38.7 Å². The van der Waals surface area contributed by atoms with E-state index in [4.69, 9.17) is 4.98 Å². The van der Waals surface area contributed by atoms with Gasteiger partial charge in [-0.3, -0.25) is 4.79 Å². The molecular weight excluding hydrogens is 450 g/mol. The van der Waals surface area contributed by atoms with E-state index >= 15 is 0 Å². The summed E-state index contributed by atoms with van der Waals surface area (Å²) in [4.78, 5) is 20.7. The fourth-order valence-corrected chi connectivity index (χ4v) is 7.38. The molecule has 2 unspecified atom stereocenters. The molecule has 1 saturated heterocycles. The number of nitrogens with zero attached hydrogens (tertiary/aromatic N) is 3. The molecule has 35 heavy (non-hydrogen) atoms. The van der Waals surface area contributed by atoms with E-state index < -0.39 is 0 Å². The number of rotatable bonds is 7. The van der Waals surface area contributed by atoms with Crippen molar-refractivity contribution in [2.45, 2.75) is 57.8 Å². The third-order valence-corrected chi connectivity index (χ3v) is 8.36. The van der Waals surface area contributed by atoms with Crippen LogP contribution < -0.4 is 0 Å². The summed E-state index contributed by atoms with van der Waals surface area (Å²) >= 11 is 1.55. The molecule has 0 N–H and O–H groups in total. The number of thioether (sulfide) groups is 1. The van der Waals surface area contributed by atoms with Gasteiger partial charge < -0.3 is 9.47 Å². The molecule has 1 aromatic heterocycles. The van der Waals surface area contributed by atoms with Gasteiger partial charge in [-0.1, -0.05) is 99.3 Å². The van der Waals surface area contributed by atoms with Crippen molar-refractivity contribution in [3.8, 4) is 22.5 Å². The van der Waals surface area contributed by atoms with Crippen LogP contribution in [0.4, 0.5) is 0 Å². The van der Waals surface area contributed by atoms with E-state index in [2.05, 4.69) is 73.2 Å². The highest BCUT2D eigenvalue weighted by atomic mass is 32.2. The van der Waals surface area contributed by atoms with E-state index in [9.17, 15) is 4.79 Å². The van der Waals surface area contributed by atoms with Gasteiger partial charge in [0.15, 0.2) is 5.16 Å². The molecule has 0 radical (unpaired) electrons. The maximum absolute atomic E-state index is 13.5. The second-order valence-corrected chi connectivity index (χ2v) is 12.2. The van der Waals surface area contributed by atoms with Crippen LogP contribution in [0.15, 0.2) is 78.5 Å². The van der Waals surface area contributed by atoms with Crippen LogP contribution in [0.25, 0.3) is 22.5 Å². The zero-order chi connectivity index (χ0) is 24.6. The lowest BCUT2D eigenvalue weighted by Gasteiger charge is -2.39. The highest BCUT2D eigenvalue weighted by Gasteiger charge is 2.50. The molecule has 182 valence electrons. The fourth-order valence-electron chi connectivity index (χ4n) is 6.49.